The molecule has 0 bridgehead atoms. The van der Waals surface area contributed by atoms with E-state index in [1.54, 1.807) is 24.3 Å². The molecule has 1 aliphatic heterocycles. The minimum atomic E-state index is -0.613. The largest absolute Gasteiger partial charge is 0.387 e. The Morgan fingerprint density at radius 3 is 2.64 bits per heavy atom. The Balaban J connectivity index is 1.73. The van der Waals surface area contributed by atoms with Crippen LogP contribution in [0, 0.1) is 0 Å². The molecule has 1 amide bonds. The van der Waals surface area contributed by atoms with Crippen LogP contribution < -0.4 is 5.32 Å². The predicted molar refractivity (Wildman–Crippen MR) is 85.9 cm³/mol. The van der Waals surface area contributed by atoms with Gasteiger partial charge in [0.05, 0.1) is 19.3 Å². The summed E-state index contributed by atoms with van der Waals surface area (Å²) in [4.78, 5) is 13.9. The quantitative estimate of drug-likeness (QED) is 0.833. The number of aliphatic hydroxyl groups excluding tert-OH is 1. The Kier molecular flexibility index (Phi) is 6.64. The highest BCUT2D eigenvalue weighted by Gasteiger charge is 2.19. The monoisotopic (exact) mass is 326 g/mol. The molecule has 0 radical (unpaired) electrons. The van der Waals surface area contributed by atoms with Gasteiger partial charge in [-0.1, -0.05) is 23.7 Å². The Labute approximate surface area is 136 Å². The summed E-state index contributed by atoms with van der Waals surface area (Å²) >= 11 is 5.83. The summed E-state index contributed by atoms with van der Waals surface area (Å²) < 4.78 is 5.24. The average molecular weight is 327 g/mol. The number of carbonyl (C=O) groups is 1. The Hall–Kier alpha value is -1.14. The van der Waals surface area contributed by atoms with Gasteiger partial charge in [0.2, 0.25) is 5.91 Å². The minimum Gasteiger partial charge on any atom is -0.387 e. The fourth-order valence-electron chi connectivity index (χ4n) is 2.39. The molecule has 2 N–H and O–H groups in total. The fourth-order valence-corrected chi connectivity index (χ4v) is 2.52. The average Bonchev–Trinajstić information content (AvgIpc) is 2.54. The molecule has 122 valence electrons. The number of halogens is 1. The maximum absolute atomic E-state index is 12.1. The number of benzene rings is 1. The van der Waals surface area contributed by atoms with Crippen LogP contribution in [-0.4, -0.2) is 54.8 Å². The summed E-state index contributed by atoms with van der Waals surface area (Å²) in [5.41, 5.74) is 0.809. The highest BCUT2D eigenvalue weighted by molar-refractivity contribution is 6.30. The van der Waals surface area contributed by atoms with Gasteiger partial charge >= 0.3 is 0 Å². The van der Waals surface area contributed by atoms with Gasteiger partial charge in [0.1, 0.15) is 0 Å². The summed E-state index contributed by atoms with van der Waals surface area (Å²) in [5.74, 6) is 0.129. The second kappa shape index (κ2) is 8.48. The molecule has 6 heteroatoms. The van der Waals surface area contributed by atoms with Gasteiger partial charge in [-0.05, 0) is 24.6 Å². The first-order valence-corrected chi connectivity index (χ1v) is 7.96. The van der Waals surface area contributed by atoms with E-state index in [1.807, 2.05) is 11.8 Å². The van der Waals surface area contributed by atoms with Crippen molar-refractivity contribution in [3.8, 4) is 0 Å². The Morgan fingerprint density at radius 1 is 1.36 bits per heavy atom. The van der Waals surface area contributed by atoms with Crippen LogP contribution in [0.5, 0.6) is 0 Å². The van der Waals surface area contributed by atoms with E-state index in [0.717, 1.165) is 5.56 Å². The number of amides is 1. The molecular formula is C16H23ClN2O3. The normalized spacial score (nSPS) is 18.0. The van der Waals surface area contributed by atoms with Crippen molar-refractivity contribution >= 4 is 17.5 Å². The summed E-state index contributed by atoms with van der Waals surface area (Å²) in [7, 11) is 0. The first-order chi connectivity index (χ1) is 10.6. The predicted octanol–water partition coefficient (Wildman–Crippen LogP) is 1.60. The molecule has 1 aromatic carbocycles. The second-order valence-corrected chi connectivity index (χ2v) is 6.01. The highest BCUT2D eigenvalue weighted by Crippen LogP contribution is 2.16. The van der Waals surface area contributed by atoms with E-state index in [1.165, 1.54) is 0 Å². The smallest absolute Gasteiger partial charge is 0.224 e. The van der Waals surface area contributed by atoms with Crippen molar-refractivity contribution in [3.63, 3.8) is 0 Å². The number of ether oxygens (including phenoxy) is 1. The van der Waals surface area contributed by atoms with Gasteiger partial charge in [-0.2, -0.15) is 0 Å². The Bertz CT molecular complexity index is 475. The first-order valence-electron chi connectivity index (χ1n) is 7.58. The molecule has 5 nitrogen and oxygen atoms in total. The number of nitrogens with zero attached hydrogens (tertiary/aromatic N) is 1. The molecule has 1 aromatic rings. The number of carbonyl (C=O) groups excluding carboxylic acids is 1. The molecule has 2 atom stereocenters. The number of rotatable bonds is 6. The van der Waals surface area contributed by atoms with Crippen LogP contribution in [0.4, 0.5) is 0 Å². The van der Waals surface area contributed by atoms with E-state index in [9.17, 15) is 9.90 Å². The van der Waals surface area contributed by atoms with Crippen molar-refractivity contribution in [2.45, 2.75) is 25.5 Å². The van der Waals surface area contributed by atoms with E-state index in [-0.39, 0.29) is 11.9 Å². The first kappa shape index (κ1) is 17.2. The van der Waals surface area contributed by atoms with Crippen molar-refractivity contribution in [3.05, 3.63) is 34.9 Å². The van der Waals surface area contributed by atoms with Gasteiger partial charge in [-0.15, -0.1) is 0 Å². The molecule has 1 saturated heterocycles. The zero-order valence-corrected chi connectivity index (χ0v) is 13.6. The lowest BCUT2D eigenvalue weighted by molar-refractivity contribution is -0.135. The van der Waals surface area contributed by atoms with E-state index >= 15 is 0 Å². The van der Waals surface area contributed by atoms with Gasteiger partial charge in [0, 0.05) is 37.1 Å². The minimum absolute atomic E-state index is 0.0114. The van der Waals surface area contributed by atoms with Crippen molar-refractivity contribution in [2.75, 3.05) is 32.8 Å². The van der Waals surface area contributed by atoms with Crippen LogP contribution in [-0.2, 0) is 9.53 Å². The van der Waals surface area contributed by atoms with E-state index in [0.29, 0.717) is 44.3 Å². The third kappa shape index (κ3) is 5.25. The van der Waals surface area contributed by atoms with Crippen molar-refractivity contribution in [2.24, 2.45) is 0 Å². The molecule has 1 heterocycles. The van der Waals surface area contributed by atoms with E-state index < -0.39 is 6.10 Å². The van der Waals surface area contributed by atoms with Gasteiger partial charge in [0.25, 0.3) is 0 Å². The van der Waals surface area contributed by atoms with Crippen molar-refractivity contribution in [1.29, 1.82) is 0 Å². The maximum atomic E-state index is 12.1. The van der Waals surface area contributed by atoms with Crippen LogP contribution in [0.1, 0.15) is 25.0 Å². The van der Waals surface area contributed by atoms with E-state index in [4.69, 9.17) is 16.3 Å². The molecule has 1 fully saturated rings. The topological polar surface area (TPSA) is 61.8 Å². The van der Waals surface area contributed by atoms with Crippen molar-refractivity contribution < 1.29 is 14.6 Å². The second-order valence-electron chi connectivity index (χ2n) is 5.57. The summed E-state index contributed by atoms with van der Waals surface area (Å²) in [5, 5.41) is 14.0. The third-order valence-electron chi connectivity index (χ3n) is 3.76. The molecule has 0 aliphatic carbocycles. The van der Waals surface area contributed by atoms with Crippen LogP contribution >= 0.6 is 11.6 Å². The SMILES string of the molecule is CC(CC(=O)N1CCOCC1)NCC(O)c1ccc(Cl)cc1. The fraction of sp³-hybridized carbons (Fsp3) is 0.562. The molecule has 2 unspecified atom stereocenters. The number of nitrogens with one attached hydrogen (secondary N) is 1. The van der Waals surface area contributed by atoms with Gasteiger partial charge in [-0.3, -0.25) is 4.79 Å². The number of hydrogen-bond acceptors (Lipinski definition) is 4. The maximum Gasteiger partial charge on any atom is 0.224 e. The van der Waals surface area contributed by atoms with Gasteiger partial charge < -0.3 is 20.1 Å². The number of aliphatic hydroxyl groups is 1. The molecule has 0 spiro atoms. The zero-order chi connectivity index (χ0) is 15.9. The number of hydrogen-bond donors (Lipinski definition) is 2. The third-order valence-corrected chi connectivity index (χ3v) is 4.01. The molecule has 22 heavy (non-hydrogen) atoms. The number of morpholine rings is 1. The van der Waals surface area contributed by atoms with Crippen LogP contribution in [0.3, 0.4) is 0 Å². The van der Waals surface area contributed by atoms with E-state index in [2.05, 4.69) is 5.32 Å². The lowest BCUT2D eigenvalue weighted by Gasteiger charge is -2.28. The summed E-state index contributed by atoms with van der Waals surface area (Å²) in [6.07, 6.45) is -0.189. The van der Waals surface area contributed by atoms with Gasteiger partial charge in [-0.25, -0.2) is 0 Å². The van der Waals surface area contributed by atoms with Crippen molar-refractivity contribution in [1.82, 2.24) is 10.2 Å². The standard InChI is InChI=1S/C16H23ClN2O3/c1-12(10-16(21)19-6-8-22-9-7-19)18-11-15(20)13-2-4-14(17)5-3-13/h2-5,12,15,18,20H,6-11H2,1H3. The molecule has 1 aliphatic rings. The van der Waals surface area contributed by atoms with Crippen LogP contribution in [0.25, 0.3) is 0 Å². The molecule has 2 rings (SSSR count). The van der Waals surface area contributed by atoms with Crippen LogP contribution in [0.2, 0.25) is 5.02 Å². The van der Waals surface area contributed by atoms with Crippen LogP contribution in [0.15, 0.2) is 24.3 Å². The molecule has 0 aromatic heterocycles. The summed E-state index contributed by atoms with van der Waals surface area (Å²) in [6.45, 7) is 4.91. The highest BCUT2D eigenvalue weighted by atomic mass is 35.5. The Morgan fingerprint density at radius 2 is 2.00 bits per heavy atom. The molecular weight excluding hydrogens is 304 g/mol. The zero-order valence-electron chi connectivity index (χ0n) is 12.8. The summed E-state index contributed by atoms with van der Waals surface area (Å²) in [6, 6.07) is 7.13. The molecule has 0 saturated carbocycles. The van der Waals surface area contributed by atoms with Gasteiger partial charge in [0.15, 0.2) is 0 Å². The lowest BCUT2D eigenvalue weighted by atomic mass is 10.1. The lowest BCUT2D eigenvalue weighted by Crippen LogP contribution is -2.43.